The van der Waals surface area contributed by atoms with Crippen LogP contribution < -0.4 is 5.32 Å². The largest absolute Gasteiger partial charge is 0.309 e. The van der Waals surface area contributed by atoms with E-state index in [9.17, 15) is 0 Å². The van der Waals surface area contributed by atoms with Gasteiger partial charge in [-0.3, -0.25) is 4.90 Å². The molecule has 118 valence electrons. The van der Waals surface area contributed by atoms with Crippen molar-refractivity contribution in [2.24, 2.45) is 11.8 Å². The Morgan fingerprint density at radius 2 is 1.85 bits per heavy atom. The molecule has 2 aliphatic rings. The number of nitrogens with zero attached hydrogens (tertiary/aromatic N) is 1. The Balaban J connectivity index is 1.82. The second-order valence-electron chi connectivity index (χ2n) is 7.74. The molecule has 1 heterocycles. The average Bonchev–Trinajstić information content (AvgIpc) is 2.47. The summed E-state index contributed by atoms with van der Waals surface area (Å²) in [5.41, 5.74) is 0.340. The quantitative estimate of drug-likeness (QED) is 0.817. The van der Waals surface area contributed by atoms with Crippen molar-refractivity contribution in [1.82, 2.24) is 10.2 Å². The highest BCUT2D eigenvalue weighted by Gasteiger charge is 2.33. The molecule has 0 aromatic rings. The number of piperazine rings is 1. The summed E-state index contributed by atoms with van der Waals surface area (Å²) in [4.78, 5) is 2.79. The van der Waals surface area contributed by atoms with Crippen molar-refractivity contribution in [3.05, 3.63) is 0 Å². The van der Waals surface area contributed by atoms with E-state index in [4.69, 9.17) is 0 Å². The van der Waals surface area contributed by atoms with Crippen LogP contribution in [0, 0.1) is 11.8 Å². The summed E-state index contributed by atoms with van der Waals surface area (Å²) in [5.74, 6) is 1.99. The summed E-state index contributed by atoms with van der Waals surface area (Å²) in [6, 6.07) is 0.761. The van der Waals surface area contributed by atoms with E-state index in [2.05, 4.69) is 37.9 Å². The zero-order valence-electron chi connectivity index (χ0n) is 14.3. The van der Waals surface area contributed by atoms with E-state index in [1.807, 2.05) is 0 Å². The van der Waals surface area contributed by atoms with Crippen LogP contribution in [0.15, 0.2) is 0 Å². The minimum absolute atomic E-state index is 0.340. The monoisotopic (exact) mass is 280 g/mol. The third-order valence-electron chi connectivity index (χ3n) is 6.04. The summed E-state index contributed by atoms with van der Waals surface area (Å²) in [7, 11) is 0. The lowest BCUT2D eigenvalue weighted by Gasteiger charge is -2.46. The van der Waals surface area contributed by atoms with Crippen molar-refractivity contribution in [3.8, 4) is 0 Å². The Kier molecular flexibility index (Phi) is 5.92. The Hall–Kier alpha value is -0.0800. The van der Waals surface area contributed by atoms with E-state index < -0.39 is 0 Å². The maximum absolute atomic E-state index is 3.78. The first-order chi connectivity index (χ1) is 9.56. The van der Waals surface area contributed by atoms with Crippen molar-refractivity contribution in [2.45, 2.75) is 84.2 Å². The van der Waals surface area contributed by atoms with Gasteiger partial charge < -0.3 is 5.32 Å². The molecule has 2 heteroatoms. The molecule has 2 nitrogen and oxygen atoms in total. The Morgan fingerprint density at radius 1 is 1.15 bits per heavy atom. The average molecular weight is 280 g/mol. The van der Waals surface area contributed by atoms with Crippen LogP contribution in [0.5, 0.6) is 0 Å². The molecule has 1 aliphatic heterocycles. The van der Waals surface area contributed by atoms with E-state index in [-0.39, 0.29) is 0 Å². The number of nitrogens with one attached hydrogen (secondary N) is 1. The van der Waals surface area contributed by atoms with Crippen LogP contribution in [0.3, 0.4) is 0 Å². The minimum Gasteiger partial charge on any atom is -0.309 e. The molecule has 2 unspecified atom stereocenters. The second-order valence-corrected chi connectivity index (χ2v) is 7.74. The molecule has 0 aromatic carbocycles. The molecule has 0 bridgehead atoms. The number of rotatable bonds is 5. The maximum atomic E-state index is 3.78. The molecule has 0 aromatic heterocycles. The predicted molar refractivity (Wildman–Crippen MR) is 88.1 cm³/mol. The third kappa shape index (κ3) is 4.21. The van der Waals surface area contributed by atoms with Gasteiger partial charge in [0.1, 0.15) is 0 Å². The highest BCUT2D eigenvalue weighted by atomic mass is 15.2. The second kappa shape index (κ2) is 7.26. The molecule has 1 N–H and O–H groups in total. The first-order valence-corrected chi connectivity index (χ1v) is 9.05. The topological polar surface area (TPSA) is 15.3 Å². The third-order valence-corrected chi connectivity index (χ3v) is 6.04. The molecule has 2 atom stereocenters. The molecule has 0 radical (unpaired) electrons. The molecule has 1 saturated heterocycles. The van der Waals surface area contributed by atoms with Crippen LogP contribution in [0.4, 0.5) is 0 Å². The van der Waals surface area contributed by atoms with E-state index in [0.717, 1.165) is 17.9 Å². The molecular formula is C18H36N2. The standard InChI is InChI=1S/C18H36N2/c1-5-17-13-19-18(4,6-2)14-20(17)12-11-16-9-7-15(3)8-10-16/h15-17,19H,5-14H2,1-4H3. The van der Waals surface area contributed by atoms with E-state index in [0.29, 0.717) is 5.54 Å². The van der Waals surface area contributed by atoms with Gasteiger partial charge in [-0.15, -0.1) is 0 Å². The fourth-order valence-corrected chi connectivity index (χ4v) is 3.99. The molecular weight excluding hydrogens is 244 g/mol. The Morgan fingerprint density at radius 3 is 2.45 bits per heavy atom. The number of hydrogen-bond donors (Lipinski definition) is 1. The lowest BCUT2D eigenvalue weighted by atomic mass is 9.81. The highest BCUT2D eigenvalue weighted by molar-refractivity contribution is 4.94. The van der Waals surface area contributed by atoms with Gasteiger partial charge in [-0.25, -0.2) is 0 Å². The zero-order valence-corrected chi connectivity index (χ0v) is 14.3. The van der Waals surface area contributed by atoms with Crippen LogP contribution in [0.2, 0.25) is 0 Å². The van der Waals surface area contributed by atoms with Crippen molar-refractivity contribution in [1.29, 1.82) is 0 Å². The molecule has 1 saturated carbocycles. The van der Waals surface area contributed by atoms with Gasteiger partial charge in [-0.1, -0.05) is 46.5 Å². The van der Waals surface area contributed by atoms with Crippen LogP contribution in [0.25, 0.3) is 0 Å². The SMILES string of the molecule is CCC1CNC(C)(CC)CN1CCC1CCC(C)CC1. The van der Waals surface area contributed by atoms with Crippen LogP contribution in [-0.2, 0) is 0 Å². The van der Waals surface area contributed by atoms with Gasteiger partial charge in [-0.05, 0) is 44.6 Å². The summed E-state index contributed by atoms with van der Waals surface area (Å²) in [6.07, 6.45) is 9.86. The maximum Gasteiger partial charge on any atom is 0.0278 e. The van der Waals surface area contributed by atoms with Gasteiger partial charge in [-0.2, -0.15) is 0 Å². The molecule has 2 fully saturated rings. The first-order valence-electron chi connectivity index (χ1n) is 9.05. The van der Waals surface area contributed by atoms with Crippen LogP contribution >= 0.6 is 0 Å². The molecule has 1 aliphatic carbocycles. The predicted octanol–water partition coefficient (Wildman–Crippen LogP) is 4.06. The van der Waals surface area contributed by atoms with Crippen LogP contribution in [-0.4, -0.2) is 36.1 Å². The lowest BCUT2D eigenvalue weighted by molar-refractivity contribution is 0.0735. The summed E-state index contributed by atoms with van der Waals surface area (Å²) < 4.78 is 0. The van der Waals surface area contributed by atoms with Gasteiger partial charge in [0.15, 0.2) is 0 Å². The molecule has 2 rings (SSSR count). The van der Waals surface area contributed by atoms with Gasteiger partial charge in [0.2, 0.25) is 0 Å². The van der Waals surface area contributed by atoms with E-state index >= 15 is 0 Å². The van der Waals surface area contributed by atoms with Crippen LogP contribution in [0.1, 0.15) is 72.6 Å². The van der Waals surface area contributed by atoms with E-state index in [1.54, 1.807) is 0 Å². The summed E-state index contributed by atoms with van der Waals surface area (Å²) in [5, 5.41) is 3.78. The number of hydrogen-bond acceptors (Lipinski definition) is 2. The van der Waals surface area contributed by atoms with Gasteiger partial charge >= 0.3 is 0 Å². The molecule has 0 spiro atoms. The van der Waals surface area contributed by atoms with Gasteiger partial charge in [0.25, 0.3) is 0 Å². The minimum atomic E-state index is 0.340. The normalized spacial score (nSPS) is 39.9. The van der Waals surface area contributed by atoms with Crippen molar-refractivity contribution in [2.75, 3.05) is 19.6 Å². The highest BCUT2D eigenvalue weighted by Crippen LogP contribution is 2.31. The molecule has 0 amide bonds. The summed E-state index contributed by atoms with van der Waals surface area (Å²) >= 11 is 0. The summed E-state index contributed by atoms with van der Waals surface area (Å²) in [6.45, 7) is 13.2. The van der Waals surface area contributed by atoms with Gasteiger partial charge in [0.05, 0.1) is 0 Å². The first kappa shape index (κ1) is 16.3. The lowest BCUT2D eigenvalue weighted by Crippen LogP contribution is -2.62. The fourth-order valence-electron chi connectivity index (χ4n) is 3.99. The van der Waals surface area contributed by atoms with Crippen molar-refractivity contribution >= 4 is 0 Å². The smallest absolute Gasteiger partial charge is 0.0278 e. The zero-order chi connectivity index (χ0) is 14.6. The van der Waals surface area contributed by atoms with E-state index in [1.165, 1.54) is 64.6 Å². The Bertz CT molecular complexity index is 283. The Labute approximate surface area is 126 Å². The van der Waals surface area contributed by atoms with Crippen molar-refractivity contribution < 1.29 is 0 Å². The van der Waals surface area contributed by atoms with Crippen molar-refractivity contribution in [3.63, 3.8) is 0 Å². The fraction of sp³-hybridized carbons (Fsp3) is 1.00. The van der Waals surface area contributed by atoms with Gasteiger partial charge in [0, 0.05) is 24.7 Å². The molecule has 20 heavy (non-hydrogen) atoms.